The highest BCUT2D eigenvalue weighted by atomic mass is 19.3. The minimum atomic E-state index is -2.93. The zero-order valence-electron chi connectivity index (χ0n) is 12.9. The molecular weight excluding hydrogens is 336 g/mol. The molecule has 4 rings (SSSR count). The lowest BCUT2D eigenvalue weighted by atomic mass is 10.2. The molecule has 0 unspecified atom stereocenters. The standard InChI is InChI=1S/C14H15F2N7O2/c15-14(16)25-12-4-10(21-22-12)19-11-6-17-9-5-18-23(13(9)20-11)7-1-2-8(24)3-7/h4-8,14,24H,1-3H2,(H2,19,20,21,22)/t7-,8-/m1/s1. The number of aromatic amines is 1. The first-order valence-corrected chi connectivity index (χ1v) is 7.74. The van der Waals surface area contributed by atoms with Crippen LogP contribution in [0.5, 0.6) is 5.88 Å². The third kappa shape index (κ3) is 3.22. The number of aliphatic hydroxyl groups excluding tert-OH is 1. The van der Waals surface area contributed by atoms with Gasteiger partial charge in [0.15, 0.2) is 17.3 Å². The average Bonchev–Trinajstić information content (AvgIpc) is 3.27. The number of rotatable bonds is 5. The molecule has 25 heavy (non-hydrogen) atoms. The molecule has 132 valence electrons. The predicted octanol–water partition coefficient (Wildman–Crippen LogP) is 1.98. The van der Waals surface area contributed by atoms with Crippen LogP contribution in [0.25, 0.3) is 11.2 Å². The molecule has 3 heterocycles. The van der Waals surface area contributed by atoms with Crippen LogP contribution in [-0.2, 0) is 0 Å². The molecule has 1 aliphatic carbocycles. The lowest BCUT2D eigenvalue weighted by Gasteiger charge is -2.11. The summed E-state index contributed by atoms with van der Waals surface area (Å²) in [5.74, 6) is 0.506. The average molecular weight is 351 g/mol. The summed E-state index contributed by atoms with van der Waals surface area (Å²) in [6.45, 7) is -2.93. The van der Waals surface area contributed by atoms with Crippen molar-refractivity contribution >= 4 is 22.8 Å². The van der Waals surface area contributed by atoms with E-state index in [-0.39, 0.29) is 23.8 Å². The number of H-pyrrole nitrogens is 1. The number of aromatic nitrogens is 6. The van der Waals surface area contributed by atoms with E-state index >= 15 is 0 Å². The zero-order valence-corrected chi connectivity index (χ0v) is 12.9. The fourth-order valence-electron chi connectivity index (χ4n) is 2.96. The number of hydrogen-bond donors (Lipinski definition) is 3. The van der Waals surface area contributed by atoms with E-state index in [0.29, 0.717) is 23.4 Å². The number of hydrogen-bond acceptors (Lipinski definition) is 7. The van der Waals surface area contributed by atoms with Gasteiger partial charge < -0.3 is 15.2 Å². The first-order chi connectivity index (χ1) is 12.1. The topological polar surface area (TPSA) is 114 Å². The van der Waals surface area contributed by atoms with Gasteiger partial charge in [0.25, 0.3) is 0 Å². The third-order valence-corrected chi connectivity index (χ3v) is 4.05. The quantitative estimate of drug-likeness (QED) is 0.644. The minimum absolute atomic E-state index is 0.0773. The van der Waals surface area contributed by atoms with Crippen LogP contribution in [-0.4, -0.2) is 47.8 Å². The van der Waals surface area contributed by atoms with Gasteiger partial charge >= 0.3 is 6.61 Å². The van der Waals surface area contributed by atoms with E-state index < -0.39 is 6.61 Å². The van der Waals surface area contributed by atoms with Gasteiger partial charge in [-0.05, 0) is 19.3 Å². The number of ether oxygens (including phenoxy) is 1. The van der Waals surface area contributed by atoms with E-state index in [9.17, 15) is 13.9 Å². The molecule has 2 atom stereocenters. The molecule has 1 saturated carbocycles. The zero-order chi connectivity index (χ0) is 17.4. The van der Waals surface area contributed by atoms with Gasteiger partial charge in [-0.25, -0.2) is 19.7 Å². The molecule has 0 aromatic carbocycles. The molecule has 3 aromatic heterocycles. The Morgan fingerprint density at radius 2 is 2.20 bits per heavy atom. The van der Waals surface area contributed by atoms with Crippen LogP contribution < -0.4 is 10.1 Å². The first-order valence-electron chi connectivity index (χ1n) is 7.74. The Morgan fingerprint density at radius 3 is 2.96 bits per heavy atom. The monoisotopic (exact) mass is 351 g/mol. The summed E-state index contributed by atoms with van der Waals surface area (Å²) in [6.07, 6.45) is 4.99. The maximum Gasteiger partial charge on any atom is 0.388 e. The smallest absolute Gasteiger partial charge is 0.388 e. The van der Waals surface area contributed by atoms with E-state index in [1.807, 2.05) is 0 Å². The fraction of sp³-hybridized carbons (Fsp3) is 0.429. The van der Waals surface area contributed by atoms with E-state index in [2.05, 4.69) is 35.3 Å². The van der Waals surface area contributed by atoms with Crippen molar-refractivity contribution in [1.82, 2.24) is 29.9 Å². The second-order valence-electron chi connectivity index (χ2n) is 5.79. The van der Waals surface area contributed by atoms with Crippen LogP contribution in [0.15, 0.2) is 18.5 Å². The first kappa shape index (κ1) is 15.7. The number of anilines is 2. The van der Waals surface area contributed by atoms with Gasteiger partial charge in [-0.2, -0.15) is 19.0 Å². The molecule has 0 saturated heterocycles. The number of nitrogens with zero attached hydrogens (tertiary/aromatic N) is 5. The summed E-state index contributed by atoms with van der Waals surface area (Å²) >= 11 is 0. The highest BCUT2D eigenvalue weighted by Crippen LogP contribution is 2.31. The maximum atomic E-state index is 12.2. The van der Waals surface area contributed by atoms with Crippen LogP contribution in [0.3, 0.4) is 0 Å². The van der Waals surface area contributed by atoms with E-state index in [4.69, 9.17) is 0 Å². The molecule has 0 aliphatic heterocycles. The Balaban J connectivity index is 1.57. The number of nitrogens with one attached hydrogen (secondary N) is 2. The maximum absolute atomic E-state index is 12.2. The summed E-state index contributed by atoms with van der Waals surface area (Å²) in [7, 11) is 0. The van der Waals surface area contributed by atoms with Crippen LogP contribution in [0.1, 0.15) is 25.3 Å². The lowest BCUT2D eigenvalue weighted by molar-refractivity contribution is -0.0528. The van der Waals surface area contributed by atoms with Crippen LogP contribution in [0.2, 0.25) is 0 Å². The molecule has 0 spiro atoms. The molecule has 1 aliphatic rings. The Morgan fingerprint density at radius 1 is 1.32 bits per heavy atom. The van der Waals surface area contributed by atoms with Gasteiger partial charge in [0.1, 0.15) is 5.52 Å². The van der Waals surface area contributed by atoms with Crippen molar-refractivity contribution in [2.24, 2.45) is 0 Å². The van der Waals surface area contributed by atoms with Crippen molar-refractivity contribution in [2.75, 3.05) is 5.32 Å². The molecule has 3 aromatic rings. The fourth-order valence-corrected chi connectivity index (χ4v) is 2.96. The highest BCUT2D eigenvalue weighted by Gasteiger charge is 2.26. The molecular formula is C14H15F2N7O2. The van der Waals surface area contributed by atoms with Crippen molar-refractivity contribution in [1.29, 1.82) is 0 Å². The highest BCUT2D eigenvalue weighted by molar-refractivity contribution is 5.72. The van der Waals surface area contributed by atoms with Crippen LogP contribution in [0, 0.1) is 0 Å². The summed E-state index contributed by atoms with van der Waals surface area (Å²) in [4.78, 5) is 8.76. The summed E-state index contributed by atoms with van der Waals surface area (Å²) in [5.41, 5.74) is 1.22. The molecule has 9 nitrogen and oxygen atoms in total. The summed E-state index contributed by atoms with van der Waals surface area (Å²) in [5, 5.41) is 23.1. The van der Waals surface area contributed by atoms with E-state index in [0.717, 1.165) is 12.8 Å². The van der Waals surface area contributed by atoms with Gasteiger partial charge in [0, 0.05) is 6.07 Å². The second-order valence-corrected chi connectivity index (χ2v) is 5.79. The Kier molecular flexibility index (Phi) is 3.92. The van der Waals surface area contributed by atoms with E-state index in [1.54, 1.807) is 10.9 Å². The lowest BCUT2D eigenvalue weighted by Crippen LogP contribution is -2.10. The minimum Gasteiger partial charge on any atom is -0.417 e. The van der Waals surface area contributed by atoms with Gasteiger partial charge in [-0.3, -0.25) is 0 Å². The van der Waals surface area contributed by atoms with Gasteiger partial charge in [-0.15, -0.1) is 0 Å². The van der Waals surface area contributed by atoms with Crippen molar-refractivity contribution < 1.29 is 18.6 Å². The van der Waals surface area contributed by atoms with Crippen LogP contribution >= 0.6 is 0 Å². The largest absolute Gasteiger partial charge is 0.417 e. The number of fused-ring (bicyclic) bond motifs is 1. The van der Waals surface area contributed by atoms with Crippen LogP contribution in [0.4, 0.5) is 20.4 Å². The molecule has 1 fully saturated rings. The van der Waals surface area contributed by atoms with E-state index in [1.165, 1.54) is 12.3 Å². The van der Waals surface area contributed by atoms with Gasteiger partial charge in [0.2, 0.25) is 5.88 Å². The van der Waals surface area contributed by atoms with Gasteiger partial charge in [0.05, 0.1) is 24.5 Å². The Labute approximate surface area is 140 Å². The van der Waals surface area contributed by atoms with Gasteiger partial charge in [-0.1, -0.05) is 0 Å². The summed E-state index contributed by atoms with van der Waals surface area (Å²) in [6, 6.07) is 1.37. The van der Waals surface area contributed by atoms with Crippen molar-refractivity contribution in [3.63, 3.8) is 0 Å². The number of alkyl halides is 2. The second kappa shape index (κ2) is 6.24. The molecule has 11 heteroatoms. The molecule has 3 N–H and O–H groups in total. The molecule has 0 radical (unpaired) electrons. The van der Waals surface area contributed by atoms with Crippen molar-refractivity contribution in [3.8, 4) is 5.88 Å². The van der Waals surface area contributed by atoms with Crippen molar-refractivity contribution in [3.05, 3.63) is 18.5 Å². The normalized spacial score (nSPS) is 20.5. The summed E-state index contributed by atoms with van der Waals surface area (Å²) < 4.78 is 30.3. The number of aliphatic hydroxyl groups is 1. The molecule has 0 amide bonds. The Hall–Kier alpha value is -2.82. The Bertz CT molecular complexity index is 881. The SMILES string of the molecule is O[C@@H]1CC[C@@H](n2ncc3ncc(Nc4cc(OC(F)F)[nH]n4)nc32)C1. The van der Waals surface area contributed by atoms with Crippen molar-refractivity contribution in [2.45, 2.75) is 38.0 Å². The number of halogens is 2. The third-order valence-electron chi connectivity index (χ3n) is 4.05. The molecule has 0 bridgehead atoms. The predicted molar refractivity (Wildman–Crippen MR) is 82.7 cm³/mol.